The lowest BCUT2D eigenvalue weighted by Crippen LogP contribution is -2.48. The Balaban J connectivity index is 1.11. The third-order valence-corrected chi connectivity index (χ3v) is 10.2. The molecule has 12 heteroatoms. The van der Waals surface area contributed by atoms with Crippen LogP contribution in [0.1, 0.15) is 60.8 Å². The van der Waals surface area contributed by atoms with Gasteiger partial charge in [0.05, 0.1) is 5.56 Å². The molecule has 12 nitrogen and oxygen atoms in total. The molecule has 4 heterocycles. The lowest BCUT2D eigenvalue weighted by atomic mass is 9.96. The van der Waals surface area contributed by atoms with Gasteiger partial charge in [0.25, 0.3) is 5.91 Å². The summed E-state index contributed by atoms with van der Waals surface area (Å²) >= 11 is 0. The normalized spacial score (nSPS) is 18.7. The van der Waals surface area contributed by atoms with Crippen LogP contribution in [0.15, 0.2) is 36.4 Å². The molecule has 0 bridgehead atoms. The number of phenolic OH excluding ortho intramolecular Hbond substituents is 2. The van der Waals surface area contributed by atoms with E-state index >= 15 is 0 Å². The number of piperazine rings is 1. The fraction of sp³-hybridized carbons (Fsp3) is 0.556. The van der Waals surface area contributed by atoms with Gasteiger partial charge in [-0.2, -0.15) is 0 Å². The molecule has 3 N–H and O–H groups in total. The van der Waals surface area contributed by atoms with E-state index in [1.165, 1.54) is 30.9 Å². The largest absolute Gasteiger partial charge is 0.508 e. The molecular weight excluding hydrogens is 608 g/mol. The summed E-state index contributed by atoms with van der Waals surface area (Å²) in [7, 11) is 0. The molecule has 3 aromatic rings. The molecule has 258 valence electrons. The summed E-state index contributed by atoms with van der Waals surface area (Å²) in [5.74, 6) is 0.841. The number of amides is 2. The molecule has 0 spiro atoms. The molecule has 0 radical (unpaired) electrons. The van der Waals surface area contributed by atoms with Crippen LogP contribution >= 0.6 is 0 Å². The number of nitrogens with zero attached hydrogens (tertiary/aromatic N) is 7. The maximum atomic E-state index is 13.5. The van der Waals surface area contributed by atoms with Crippen LogP contribution in [0.2, 0.25) is 0 Å². The first-order valence-corrected chi connectivity index (χ1v) is 17.5. The van der Waals surface area contributed by atoms with Gasteiger partial charge in [-0.25, -0.2) is 0 Å². The molecule has 3 saturated heterocycles. The Labute approximate surface area is 283 Å². The Morgan fingerprint density at radius 2 is 1.52 bits per heavy atom. The van der Waals surface area contributed by atoms with Crippen molar-refractivity contribution in [3.63, 3.8) is 0 Å². The molecular formula is C36H50N8O4. The molecule has 3 fully saturated rings. The molecule has 2 aromatic carbocycles. The standard InChI is InChI=1S/C36H50N8O4/c1-26-22-31(33(47)23-32(26)46)34-38-39-35(36(48)37-12-17-40-13-4-3-5-14-40)44(34)30-8-6-28(7-9-30)24-41-18-20-42(21-19-41)25-29-10-15-43(16-11-29)27(2)45/h6-9,22-23,29,46-47H,3-5,10-21,24-25H2,1-2H3,(H,37,48). The average Bonchev–Trinajstić information content (AvgIpc) is 3.53. The third kappa shape index (κ3) is 8.16. The molecule has 0 atom stereocenters. The molecule has 48 heavy (non-hydrogen) atoms. The van der Waals surface area contributed by atoms with Crippen molar-refractivity contribution in [2.24, 2.45) is 5.92 Å². The van der Waals surface area contributed by atoms with Gasteiger partial charge in [0, 0.05) is 84.1 Å². The summed E-state index contributed by atoms with van der Waals surface area (Å²) < 4.78 is 1.69. The highest BCUT2D eigenvalue weighted by Crippen LogP contribution is 2.35. The highest BCUT2D eigenvalue weighted by atomic mass is 16.3. The Morgan fingerprint density at radius 3 is 2.21 bits per heavy atom. The predicted molar refractivity (Wildman–Crippen MR) is 184 cm³/mol. The number of hydrogen-bond acceptors (Lipinski definition) is 9. The van der Waals surface area contributed by atoms with E-state index in [0.29, 0.717) is 35.1 Å². The number of hydrogen-bond donors (Lipinski definition) is 3. The molecule has 1 aromatic heterocycles. The summed E-state index contributed by atoms with van der Waals surface area (Å²) in [6.45, 7) is 14.6. The fourth-order valence-corrected chi connectivity index (χ4v) is 7.24. The van der Waals surface area contributed by atoms with Gasteiger partial charge in [0.1, 0.15) is 11.5 Å². The van der Waals surface area contributed by atoms with E-state index < -0.39 is 0 Å². The third-order valence-electron chi connectivity index (χ3n) is 10.2. The predicted octanol–water partition coefficient (Wildman–Crippen LogP) is 3.25. The number of nitrogens with one attached hydrogen (secondary N) is 1. The Hall–Kier alpha value is -4.00. The van der Waals surface area contributed by atoms with Crippen LogP contribution in [-0.4, -0.2) is 128 Å². The van der Waals surface area contributed by atoms with Gasteiger partial charge in [-0.3, -0.25) is 19.1 Å². The lowest BCUT2D eigenvalue weighted by molar-refractivity contribution is -0.130. The number of phenols is 2. The van der Waals surface area contributed by atoms with Gasteiger partial charge in [0.15, 0.2) is 5.82 Å². The summed E-state index contributed by atoms with van der Waals surface area (Å²) in [4.78, 5) is 34.5. The summed E-state index contributed by atoms with van der Waals surface area (Å²) in [6.07, 6.45) is 5.83. The van der Waals surface area contributed by atoms with E-state index in [-0.39, 0.29) is 29.1 Å². The first-order chi connectivity index (χ1) is 23.2. The second-order valence-electron chi connectivity index (χ2n) is 13.7. The second-order valence-corrected chi connectivity index (χ2v) is 13.7. The molecule has 3 aliphatic heterocycles. The number of piperidine rings is 2. The summed E-state index contributed by atoms with van der Waals surface area (Å²) in [5, 5.41) is 32.6. The molecule has 6 rings (SSSR count). The SMILES string of the molecule is CC(=O)N1CCC(CN2CCN(Cc3ccc(-n4c(C(=O)NCCN5CCCCC5)nnc4-c4cc(C)c(O)cc4O)cc3)CC2)CC1. The number of aryl methyl sites for hydroxylation is 1. The smallest absolute Gasteiger partial charge is 0.289 e. The number of aromatic hydroxyl groups is 2. The van der Waals surface area contributed by atoms with E-state index in [4.69, 9.17) is 0 Å². The molecule has 0 saturated carbocycles. The summed E-state index contributed by atoms with van der Waals surface area (Å²) in [6, 6.07) is 11.1. The highest BCUT2D eigenvalue weighted by Gasteiger charge is 2.26. The second kappa shape index (κ2) is 15.5. The quantitative estimate of drug-likeness (QED) is 0.301. The van der Waals surface area contributed by atoms with Crippen LogP contribution in [0.3, 0.4) is 0 Å². The number of benzene rings is 2. The van der Waals surface area contributed by atoms with Crippen LogP contribution < -0.4 is 5.32 Å². The van der Waals surface area contributed by atoms with Crippen molar-refractivity contribution in [1.29, 1.82) is 0 Å². The van der Waals surface area contributed by atoms with Crippen molar-refractivity contribution in [1.82, 2.24) is 39.7 Å². The highest BCUT2D eigenvalue weighted by molar-refractivity contribution is 5.92. The zero-order valence-electron chi connectivity index (χ0n) is 28.4. The van der Waals surface area contributed by atoms with Gasteiger partial charge < -0.3 is 30.2 Å². The number of likely N-dealkylation sites (tertiary alicyclic amines) is 2. The minimum Gasteiger partial charge on any atom is -0.508 e. The van der Waals surface area contributed by atoms with Gasteiger partial charge in [-0.15, -0.1) is 10.2 Å². The maximum Gasteiger partial charge on any atom is 0.289 e. The van der Waals surface area contributed by atoms with E-state index in [2.05, 4.69) is 42.3 Å². The van der Waals surface area contributed by atoms with Crippen molar-refractivity contribution < 1.29 is 19.8 Å². The molecule has 3 aliphatic rings. The van der Waals surface area contributed by atoms with Crippen LogP contribution in [-0.2, 0) is 11.3 Å². The van der Waals surface area contributed by atoms with Gasteiger partial charge in [0.2, 0.25) is 11.7 Å². The topological polar surface area (TPSA) is 130 Å². The van der Waals surface area contributed by atoms with Crippen molar-refractivity contribution in [3.05, 3.63) is 53.3 Å². The number of aromatic nitrogens is 3. The zero-order chi connectivity index (χ0) is 33.6. The number of carbonyl (C=O) groups is 2. The van der Waals surface area contributed by atoms with Crippen LogP contribution in [0.5, 0.6) is 11.5 Å². The lowest BCUT2D eigenvalue weighted by Gasteiger charge is -2.38. The van der Waals surface area contributed by atoms with Crippen molar-refractivity contribution in [2.45, 2.75) is 52.5 Å². The molecule has 2 amide bonds. The maximum absolute atomic E-state index is 13.5. The summed E-state index contributed by atoms with van der Waals surface area (Å²) in [5.41, 5.74) is 2.86. The molecule has 0 unspecified atom stereocenters. The van der Waals surface area contributed by atoms with Crippen LogP contribution in [0.4, 0.5) is 0 Å². The minimum absolute atomic E-state index is 0.0156. The van der Waals surface area contributed by atoms with Crippen LogP contribution in [0.25, 0.3) is 17.1 Å². The van der Waals surface area contributed by atoms with Crippen LogP contribution in [0, 0.1) is 12.8 Å². The fourth-order valence-electron chi connectivity index (χ4n) is 7.24. The van der Waals surface area contributed by atoms with Gasteiger partial charge in [-0.05, 0) is 80.9 Å². The monoisotopic (exact) mass is 658 g/mol. The first-order valence-electron chi connectivity index (χ1n) is 17.5. The van der Waals surface area contributed by atoms with Crippen molar-refractivity contribution in [2.75, 3.05) is 72.0 Å². The van der Waals surface area contributed by atoms with E-state index in [1.54, 1.807) is 24.5 Å². The van der Waals surface area contributed by atoms with Gasteiger partial charge >= 0.3 is 0 Å². The van der Waals surface area contributed by atoms with E-state index in [9.17, 15) is 19.8 Å². The molecule has 0 aliphatic carbocycles. The van der Waals surface area contributed by atoms with E-state index in [0.717, 1.165) is 84.8 Å². The Kier molecular flexibility index (Phi) is 10.9. The van der Waals surface area contributed by atoms with Gasteiger partial charge in [-0.1, -0.05) is 18.6 Å². The van der Waals surface area contributed by atoms with E-state index in [1.807, 2.05) is 17.0 Å². The average molecular weight is 659 g/mol. The number of carbonyl (C=O) groups excluding carboxylic acids is 2. The minimum atomic E-state index is -0.327. The Bertz CT molecular complexity index is 1550. The Morgan fingerprint density at radius 1 is 0.833 bits per heavy atom. The zero-order valence-corrected chi connectivity index (χ0v) is 28.4. The van der Waals surface area contributed by atoms with Crippen molar-refractivity contribution >= 4 is 11.8 Å². The van der Waals surface area contributed by atoms with Crippen molar-refractivity contribution in [3.8, 4) is 28.6 Å². The number of rotatable bonds is 10. The first kappa shape index (κ1) is 33.9.